The van der Waals surface area contributed by atoms with Gasteiger partial charge in [0.05, 0.1) is 5.75 Å². The number of aromatic nitrogens is 3. The third-order valence-electron chi connectivity index (χ3n) is 3.23. The second-order valence-corrected chi connectivity index (χ2v) is 6.53. The maximum absolute atomic E-state index is 10.9. The number of primary amides is 1. The van der Waals surface area contributed by atoms with Crippen LogP contribution in [0.25, 0.3) is 0 Å². The highest BCUT2D eigenvalue weighted by Gasteiger charge is 2.13. The summed E-state index contributed by atoms with van der Waals surface area (Å²) in [6.45, 7) is 8.36. The van der Waals surface area contributed by atoms with E-state index in [1.54, 1.807) is 6.08 Å². The minimum absolute atomic E-state index is 0.145. The lowest BCUT2D eigenvalue weighted by Gasteiger charge is -2.11. The van der Waals surface area contributed by atoms with E-state index >= 15 is 0 Å². The number of hydrogen-bond donors (Lipinski definition) is 1. The highest BCUT2D eigenvalue weighted by Crippen LogP contribution is 2.26. The van der Waals surface area contributed by atoms with E-state index in [0.29, 0.717) is 23.3 Å². The molecule has 0 unspecified atom stereocenters. The van der Waals surface area contributed by atoms with Gasteiger partial charge in [-0.25, -0.2) is 0 Å². The van der Waals surface area contributed by atoms with Crippen LogP contribution < -0.4 is 10.5 Å². The van der Waals surface area contributed by atoms with Crippen LogP contribution in [0.5, 0.6) is 5.75 Å². The van der Waals surface area contributed by atoms with Gasteiger partial charge in [0, 0.05) is 11.6 Å². The van der Waals surface area contributed by atoms with Crippen LogP contribution in [0, 0.1) is 13.8 Å². The highest BCUT2D eigenvalue weighted by atomic mass is 35.5. The summed E-state index contributed by atoms with van der Waals surface area (Å²) in [6.07, 6.45) is 1.73. The monoisotopic (exact) mass is 366 g/mol. The number of benzene rings is 1. The molecule has 1 amide bonds. The normalized spacial score (nSPS) is 10.6. The summed E-state index contributed by atoms with van der Waals surface area (Å²) in [7, 11) is 0. The zero-order chi connectivity index (χ0) is 17.7. The van der Waals surface area contributed by atoms with Gasteiger partial charge in [0.25, 0.3) is 0 Å². The first-order valence-electron chi connectivity index (χ1n) is 7.26. The molecule has 0 fully saturated rings. The van der Waals surface area contributed by atoms with Crippen molar-refractivity contribution in [3.05, 3.63) is 46.8 Å². The van der Waals surface area contributed by atoms with Crippen molar-refractivity contribution in [1.82, 2.24) is 14.8 Å². The van der Waals surface area contributed by atoms with Crippen LogP contribution in [0.15, 0.2) is 29.9 Å². The zero-order valence-corrected chi connectivity index (χ0v) is 15.2. The fourth-order valence-electron chi connectivity index (χ4n) is 2.12. The molecule has 0 saturated heterocycles. The molecule has 0 atom stereocenters. The molecule has 0 bridgehead atoms. The van der Waals surface area contributed by atoms with E-state index in [-0.39, 0.29) is 12.4 Å². The van der Waals surface area contributed by atoms with Crippen molar-refractivity contribution in [1.29, 1.82) is 0 Å². The molecule has 1 heterocycles. The molecule has 0 aliphatic carbocycles. The fraction of sp³-hybridized carbons (Fsp3) is 0.312. The Morgan fingerprint density at radius 2 is 2.08 bits per heavy atom. The second-order valence-electron chi connectivity index (χ2n) is 5.21. The molecule has 8 heteroatoms. The van der Waals surface area contributed by atoms with Crippen molar-refractivity contribution >= 4 is 29.3 Å². The SMILES string of the molecule is C=CCn1c(COc2cc(C)c(Cl)c(C)c2)nnc1SCC(N)=O. The number of aryl methyl sites for hydroxylation is 2. The molecule has 0 aliphatic heterocycles. The molecule has 1 aromatic carbocycles. The average molecular weight is 367 g/mol. The molecular formula is C16H19ClN4O2S. The van der Waals surface area contributed by atoms with E-state index in [0.717, 1.165) is 16.1 Å². The smallest absolute Gasteiger partial charge is 0.227 e. The summed E-state index contributed by atoms with van der Waals surface area (Å²) in [5, 5.41) is 9.56. The molecule has 0 aliphatic rings. The van der Waals surface area contributed by atoms with Gasteiger partial charge in [0.15, 0.2) is 11.0 Å². The number of carbonyl (C=O) groups is 1. The Labute approximate surface area is 150 Å². The number of nitrogens with zero attached hydrogens (tertiary/aromatic N) is 3. The summed E-state index contributed by atoms with van der Waals surface area (Å²) in [6, 6.07) is 3.76. The first kappa shape index (κ1) is 18.4. The van der Waals surface area contributed by atoms with E-state index in [9.17, 15) is 4.79 Å². The number of rotatable bonds is 8. The predicted octanol–water partition coefficient (Wildman–Crippen LogP) is 2.89. The molecule has 24 heavy (non-hydrogen) atoms. The molecular weight excluding hydrogens is 348 g/mol. The Balaban J connectivity index is 2.14. The van der Waals surface area contributed by atoms with Gasteiger partial charge in [-0.05, 0) is 37.1 Å². The Morgan fingerprint density at radius 3 is 2.67 bits per heavy atom. The Kier molecular flexibility index (Phi) is 6.28. The van der Waals surface area contributed by atoms with E-state index in [1.165, 1.54) is 11.8 Å². The number of ether oxygens (including phenoxy) is 1. The molecule has 6 nitrogen and oxygen atoms in total. The third kappa shape index (κ3) is 4.52. The summed E-state index contributed by atoms with van der Waals surface area (Å²) in [5.41, 5.74) is 7.08. The molecule has 128 valence electrons. The first-order chi connectivity index (χ1) is 11.4. The quantitative estimate of drug-likeness (QED) is 0.573. The fourth-order valence-corrected chi connectivity index (χ4v) is 2.93. The minimum atomic E-state index is -0.405. The number of hydrogen-bond acceptors (Lipinski definition) is 5. The van der Waals surface area contributed by atoms with Crippen molar-refractivity contribution < 1.29 is 9.53 Å². The van der Waals surface area contributed by atoms with Gasteiger partial charge in [-0.1, -0.05) is 29.4 Å². The molecule has 2 N–H and O–H groups in total. The zero-order valence-electron chi connectivity index (χ0n) is 13.6. The van der Waals surface area contributed by atoms with Crippen LogP contribution in [0.4, 0.5) is 0 Å². The van der Waals surface area contributed by atoms with Crippen molar-refractivity contribution in [2.45, 2.75) is 32.2 Å². The molecule has 0 radical (unpaired) electrons. The lowest BCUT2D eigenvalue weighted by molar-refractivity contribution is -0.115. The van der Waals surface area contributed by atoms with Crippen molar-refractivity contribution in [2.24, 2.45) is 5.73 Å². The van der Waals surface area contributed by atoms with E-state index in [2.05, 4.69) is 16.8 Å². The summed E-state index contributed by atoms with van der Waals surface area (Å²) in [5.74, 6) is 1.10. The van der Waals surface area contributed by atoms with Crippen LogP contribution >= 0.6 is 23.4 Å². The van der Waals surface area contributed by atoms with Crippen LogP contribution in [0.2, 0.25) is 5.02 Å². The minimum Gasteiger partial charge on any atom is -0.486 e. The second kappa shape index (κ2) is 8.21. The first-order valence-corrected chi connectivity index (χ1v) is 8.62. The van der Waals surface area contributed by atoms with E-state index in [1.807, 2.05) is 30.5 Å². The van der Waals surface area contributed by atoms with Gasteiger partial charge >= 0.3 is 0 Å². The lowest BCUT2D eigenvalue weighted by atomic mass is 10.1. The standard InChI is InChI=1S/C16H19ClN4O2S/c1-4-5-21-14(19-20-16(21)24-9-13(18)22)8-23-12-6-10(2)15(17)11(3)7-12/h4,6-7H,1,5,8-9H2,2-3H3,(H2,18,22). The Morgan fingerprint density at radius 1 is 1.42 bits per heavy atom. The van der Waals surface area contributed by atoms with Crippen LogP contribution in [0.3, 0.4) is 0 Å². The van der Waals surface area contributed by atoms with Crippen LogP contribution in [-0.4, -0.2) is 26.4 Å². The lowest BCUT2D eigenvalue weighted by Crippen LogP contribution is -2.14. The van der Waals surface area contributed by atoms with Gasteiger partial charge < -0.3 is 10.5 Å². The van der Waals surface area contributed by atoms with Crippen LogP contribution in [0.1, 0.15) is 17.0 Å². The third-order valence-corrected chi connectivity index (χ3v) is 4.81. The number of carbonyl (C=O) groups excluding carboxylic acids is 1. The largest absolute Gasteiger partial charge is 0.486 e. The summed E-state index contributed by atoms with van der Waals surface area (Å²) in [4.78, 5) is 10.9. The number of thioether (sulfide) groups is 1. The topological polar surface area (TPSA) is 83.0 Å². The highest BCUT2D eigenvalue weighted by molar-refractivity contribution is 7.99. The Bertz CT molecular complexity index is 738. The van der Waals surface area contributed by atoms with Gasteiger partial charge in [0.2, 0.25) is 5.91 Å². The molecule has 0 saturated carbocycles. The maximum atomic E-state index is 10.9. The van der Waals surface area contributed by atoms with Crippen molar-refractivity contribution in [3.8, 4) is 5.75 Å². The van der Waals surface area contributed by atoms with Crippen LogP contribution in [-0.2, 0) is 17.9 Å². The van der Waals surface area contributed by atoms with Gasteiger partial charge in [-0.2, -0.15) is 0 Å². The molecule has 2 rings (SSSR count). The summed E-state index contributed by atoms with van der Waals surface area (Å²) < 4.78 is 7.66. The number of nitrogens with two attached hydrogens (primary N) is 1. The molecule has 0 spiro atoms. The van der Waals surface area contributed by atoms with Crippen molar-refractivity contribution in [3.63, 3.8) is 0 Å². The Hall–Kier alpha value is -1.99. The molecule has 2 aromatic rings. The average Bonchev–Trinajstić information content (AvgIpc) is 2.91. The number of amides is 1. The van der Waals surface area contributed by atoms with Gasteiger partial charge in [-0.15, -0.1) is 16.8 Å². The van der Waals surface area contributed by atoms with Gasteiger partial charge in [-0.3, -0.25) is 9.36 Å². The summed E-state index contributed by atoms with van der Waals surface area (Å²) >= 11 is 7.40. The van der Waals surface area contributed by atoms with Crippen molar-refractivity contribution in [2.75, 3.05) is 5.75 Å². The maximum Gasteiger partial charge on any atom is 0.227 e. The predicted molar refractivity (Wildman–Crippen MR) is 95.4 cm³/mol. The number of allylic oxidation sites excluding steroid dienone is 1. The number of halogens is 1. The van der Waals surface area contributed by atoms with E-state index in [4.69, 9.17) is 22.1 Å². The van der Waals surface area contributed by atoms with E-state index < -0.39 is 5.91 Å². The molecule has 1 aromatic heterocycles. The van der Waals surface area contributed by atoms with Gasteiger partial charge in [0.1, 0.15) is 12.4 Å².